The first kappa shape index (κ1) is 15.7. The summed E-state index contributed by atoms with van der Waals surface area (Å²) < 4.78 is 39.6. The van der Waals surface area contributed by atoms with Crippen LogP contribution >= 0.6 is 11.6 Å². The van der Waals surface area contributed by atoms with Crippen molar-refractivity contribution in [1.82, 2.24) is 9.55 Å². The third-order valence-corrected chi connectivity index (χ3v) is 3.20. The van der Waals surface area contributed by atoms with E-state index in [9.17, 15) is 13.2 Å². The van der Waals surface area contributed by atoms with E-state index in [2.05, 4.69) is 10.3 Å². The highest BCUT2D eigenvalue weighted by molar-refractivity contribution is 6.32. The summed E-state index contributed by atoms with van der Waals surface area (Å²) in [5.41, 5.74) is 0.449. The lowest BCUT2D eigenvalue weighted by Gasteiger charge is -2.13. The van der Waals surface area contributed by atoms with Crippen molar-refractivity contribution in [3.05, 3.63) is 40.7 Å². The maximum atomic E-state index is 12.7. The van der Waals surface area contributed by atoms with Crippen molar-refractivity contribution in [2.45, 2.75) is 26.4 Å². The van der Waals surface area contributed by atoms with Crippen LogP contribution in [0.5, 0.6) is 0 Å². The molecule has 0 saturated carbocycles. The smallest absolute Gasteiger partial charge is 0.355 e. The predicted octanol–water partition coefficient (Wildman–Crippen LogP) is 4.67. The number of hydrogen-bond acceptors (Lipinski definition) is 2. The van der Waals surface area contributed by atoms with Gasteiger partial charge in [-0.1, -0.05) is 18.5 Å². The molecule has 0 aliphatic carbocycles. The second-order valence-electron chi connectivity index (χ2n) is 4.67. The lowest BCUT2D eigenvalue weighted by molar-refractivity contribution is -0.137. The van der Waals surface area contributed by atoms with Gasteiger partial charge in [-0.05, 0) is 31.5 Å². The Bertz CT molecular complexity index is 635. The van der Waals surface area contributed by atoms with E-state index in [-0.39, 0.29) is 5.02 Å². The molecule has 0 saturated heterocycles. The molecule has 114 valence electrons. The molecule has 1 aromatic heterocycles. The molecule has 21 heavy (non-hydrogen) atoms. The molecule has 0 fully saturated rings. The number of aryl methyl sites for hydroxylation is 1. The van der Waals surface area contributed by atoms with Crippen LogP contribution in [0, 0.1) is 6.92 Å². The Labute approximate surface area is 125 Å². The Balaban J connectivity index is 2.43. The van der Waals surface area contributed by atoms with Gasteiger partial charge in [-0.2, -0.15) is 13.2 Å². The summed E-state index contributed by atoms with van der Waals surface area (Å²) in [5.74, 6) is 0.566. The van der Waals surface area contributed by atoms with Crippen molar-refractivity contribution in [3.8, 4) is 5.69 Å². The maximum absolute atomic E-state index is 12.7. The Kier molecular flexibility index (Phi) is 4.46. The summed E-state index contributed by atoms with van der Waals surface area (Å²) >= 11 is 6.01. The molecule has 0 amide bonds. The van der Waals surface area contributed by atoms with Crippen molar-refractivity contribution in [3.63, 3.8) is 0 Å². The first-order valence-corrected chi connectivity index (χ1v) is 6.87. The number of alkyl halides is 3. The van der Waals surface area contributed by atoms with E-state index in [1.54, 1.807) is 10.8 Å². The largest absolute Gasteiger partial charge is 0.416 e. The third kappa shape index (κ3) is 3.50. The Morgan fingerprint density at radius 1 is 1.33 bits per heavy atom. The van der Waals surface area contributed by atoms with Crippen LogP contribution in [0.3, 0.4) is 0 Å². The van der Waals surface area contributed by atoms with Crippen LogP contribution in [0.25, 0.3) is 5.69 Å². The molecule has 2 aromatic rings. The number of halogens is 4. The number of anilines is 1. The molecule has 1 aromatic carbocycles. The van der Waals surface area contributed by atoms with Crippen LogP contribution in [-0.4, -0.2) is 16.1 Å². The minimum absolute atomic E-state index is 0.0294. The molecular weight excluding hydrogens is 303 g/mol. The molecule has 0 bridgehead atoms. The summed E-state index contributed by atoms with van der Waals surface area (Å²) in [7, 11) is 0. The zero-order valence-corrected chi connectivity index (χ0v) is 12.4. The van der Waals surface area contributed by atoms with Crippen molar-refractivity contribution in [2.24, 2.45) is 0 Å². The fraction of sp³-hybridized carbons (Fsp3) is 0.357. The van der Waals surface area contributed by atoms with E-state index in [1.165, 1.54) is 6.07 Å². The van der Waals surface area contributed by atoms with Gasteiger partial charge in [-0.25, -0.2) is 4.98 Å². The molecule has 0 radical (unpaired) electrons. The molecule has 2 rings (SSSR count). The topological polar surface area (TPSA) is 29.9 Å². The van der Waals surface area contributed by atoms with E-state index in [1.807, 2.05) is 13.8 Å². The van der Waals surface area contributed by atoms with Crippen molar-refractivity contribution in [1.29, 1.82) is 0 Å². The van der Waals surface area contributed by atoms with Crippen LogP contribution in [0.1, 0.15) is 24.6 Å². The SMILES string of the molecule is CCCNc1nc(C)cn1-c1ccc(C(F)(F)F)cc1Cl. The van der Waals surface area contributed by atoms with Gasteiger partial charge in [0.2, 0.25) is 5.95 Å². The Morgan fingerprint density at radius 2 is 2.05 bits per heavy atom. The number of rotatable bonds is 4. The highest BCUT2D eigenvalue weighted by Crippen LogP contribution is 2.34. The van der Waals surface area contributed by atoms with Crippen molar-refractivity contribution < 1.29 is 13.2 Å². The predicted molar refractivity (Wildman–Crippen MR) is 77.1 cm³/mol. The van der Waals surface area contributed by atoms with E-state index in [0.717, 1.165) is 24.2 Å². The summed E-state index contributed by atoms with van der Waals surface area (Å²) in [6, 6.07) is 3.29. The first-order valence-electron chi connectivity index (χ1n) is 6.50. The monoisotopic (exact) mass is 317 g/mol. The van der Waals surface area contributed by atoms with Gasteiger partial charge < -0.3 is 5.32 Å². The van der Waals surface area contributed by atoms with Gasteiger partial charge in [0.25, 0.3) is 0 Å². The van der Waals surface area contributed by atoms with E-state index in [4.69, 9.17) is 11.6 Å². The first-order chi connectivity index (χ1) is 9.82. The van der Waals surface area contributed by atoms with Crippen LogP contribution in [0.4, 0.5) is 19.1 Å². The number of imidazole rings is 1. The highest BCUT2D eigenvalue weighted by atomic mass is 35.5. The molecule has 3 nitrogen and oxygen atoms in total. The number of nitrogens with one attached hydrogen (secondary N) is 1. The fourth-order valence-corrected chi connectivity index (χ4v) is 2.19. The number of aromatic nitrogens is 2. The van der Waals surface area contributed by atoms with Gasteiger partial charge in [0.15, 0.2) is 0 Å². The van der Waals surface area contributed by atoms with Crippen molar-refractivity contribution >= 4 is 17.5 Å². The van der Waals surface area contributed by atoms with E-state index in [0.29, 0.717) is 18.2 Å². The molecule has 1 heterocycles. The lowest BCUT2D eigenvalue weighted by Crippen LogP contribution is -2.08. The molecule has 0 aliphatic rings. The maximum Gasteiger partial charge on any atom is 0.416 e. The highest BCUT2D eigenvalue weighted by Gasteiger charge is 2.31. The number of nitrogens with zero attached hydrogens (tertiary/aromatic N) is 2. The van der Waals surface area contributed by atoms with E-state index >= 15 is 0 Å². The third-order valence-electron chi connectivity index (χ3n) is 2.89. The summed E-state index contributed by atoms with van der Waals surface area (Å²) in [4.78, 5) is 4.31. The van der Waals surface area contributed by atoms with Crippen molar-refractivity contribution in [2.75, 3.05) is 11.9 Å². The number of hydrogen-bond donors (Lipinski definition) is 1. The molecule has 0 aliphatic heterocycles. The molecule has 0 spiro atoms. The molecule has 1 N–H and O–H groups in total. The molecule has 0 unspecified atom stereocenters. The van der Waals surface area contributed by atoms with Crippen LogP contribution in [0.15, 0.2) is 24.4 Å². The summed E-state index contributed by atoms with van der Waals surface area (Å²) in [6.45, 7) is 4.54. The van der Waals surface area contributed by atoms with Crippen LogP contribution in [0.2, 0.25) is 5.02 Å². The van der Waals surface area contributed by atoms with Crippen LogP contribution < -0.4 is 5.32 Å². The normalized spacial score (nSPS) is 11.7. The van der Waals surface area contributed by atoms with Crippen LogP contribution in [-0.2, 0) is 6.18 Å². The quantitative estimate of drug-likeness (QED) is 0.887. The average molecular weight is 318 g/mol. The number of benzene rings is 1. The van der Waals surface area contributed by atoms with Gasteiger partial charge in [0, 0.05) is 12.7 Å². The zero-order chi connectivity index (χ0) is 15.6. The second kappa shape index (κ2) is 5.97. The minimum Gasteiger partial charge on any atom is -0.355 e. The van der Waals surface area contributed by atoms with Gasteiger partial charge in [-0.3, -0.25) is 4.57 Å². The Morgan fingerprint density at radius 3 is 2.62 bits per heavy atom. The van der Waals surface area contributed by atoms with E-state index < -0.39 is 11.7 Å². The molecule has 7 heteroatoms. The average Bonchev–Trinajstić information content (AvgIpc) is 2.76. The minimum atomic E-state index is -4.41. The molecule has 0 atom stereocenters. The standard InChI is InChI=1S/C14H15ClF3N3/c1-3-6-19-13-20-9(2)8-21(13)12-5-4-10(7-11(12)15)14(16,17)18/h4-5,7-8H,3,6H2,1-2H3,(H,19,20). The van der Waals surface area contributed by atoms with Gasteiger partial charge in [0.1, 0.15) is 0 Å². The van der Waals surface area contributed by atoms with Gasteiger partial charge in [0.05, 0.1) is 22.0 Å². The lowest BCUT2D eigenvalue weighted by atomic mass is 10.2. The van der Waals surface area contributed by atoms with Gasteiger partial charge in [-0.15, -0.1) is 0 Å². The Hall–Kier alpha value is -1.69. The second-order valence-corrected chi connectivity index (χ2v) is 5.07. The summed E-state index contributed by atoms with van der Waals surface area (Å²) in [6.07, 6.45) is -1.77. The van der Waals surface area contributed by atoms with Gasteiger partial charge >= 0.3 is 6.18 Å². The summed E-state index contributed by atoms with van der Waals surface area (Å²) in [5, 5.41) is 3.15. The molecular formula is C14H15ClF3N3. The zero-order valence-electron chi connectivity index (χ0n) is 11.6. The fourth-order valence-electron chi connectivity index (χ4n) is 1.92.